The Morgan fingerprint density at radius 2 is 2.06 bits per heavy atom. The van der Waals surface area contributed by atoms with Gasteiger partial charge in [-0.1, -0.05) is 5.11 Å². The van der Waals surface area contributed by atoms with Gasteiger partial charge in [-0.2, -0.15) is 13.2 Å². The normalized spacial score (nSPS) is 24.3. The molecule has 0 spiro atoms. The minimum absolute atomic E-state index is 0.168. The molecule has 1 saturated heterocycles. The molecule has 0 aromatic heterocycles. The van der Waals surface area contributed by atoms with Crippen LogP contribution in [0.3, 0.4) is 0 Å². The molecule has 94 valence electrons. The number of hydrogen-bond donors (Lipinski definition) is 1. The first-order valence-electron chi connectivity index (χ1n) is 4.42. The van der Waals surface area contributed by atoms with Crippen molar-refractivity contribution in [1.82, 2.24) is 4.90 Å². The molecule has 0 radical (unpaired) electrons. The fourth-order valence-electron chi connectivity index (χ4n) is 1.59. The second-order valence-electron chi connectivity index (χ2n) is 3.40. The van der Waals surface area contributed by atoms with Crippen LogP contribution in [-0.2, 0) is 9.59 Å². The van der Waals surface area contributed by atoms with Crippen LogP contribution in [0, 0.1) is 0 Å². The van der Waals surface area contributed by atoms with Crippen molar-refractivity contribution in [3.63, 3.8) is 0 Å². The molecule has 0 unspecified atom stereocenters. The summed E-state index contributed by atoms with van der Waals surface area (Å²) < 4.78 is 36.5. The summed E-state index contributed by atoms with van der Waals surface area (Å²) in [5.74, 6) is -3.79. The van der Waals surface area contributed by atoms with Crippen LogP contribution in [0.1, 0.15) is 6.42 Å². The van der Waals surface area contributed by atoms with Gasteiger partial charge >= 0.3 is 18.1 Å². The van der Waals surface area contributed by atoms with Crippen LogP contribution in [0.2, 0.25) is 0 Å². The van der Waals surface area contributed by atoms with Gasteiger partial charge in [0.1, 0.15) is 6.04 Å². The van der Waals surface area contributed by atoms with Crippen LogP contribution in [0.25, 0.3) is 10.4 Å². The molecule has 0 bridgehead atoms. The number of rotatable bonds is 2. The maximum Gasteiger partial charge on any atom is 0.471 e. The number of carbonyl (C=O) groups is 2. The highest BCUT2D eigenvalue weighted by Gasteiger charge is 2.49. The van der Waals surface area contributed by atoms with E-state index in [2.05, 4.69) is 10.0 Å². The molecule has 0 aromatic rings. The minimum Gasteiger partial charge on any atom is -0.480 e. The van der Waals surface area contributed by atoms with E-state index in [4.69, 9.17) is 10.6 Å². The van der Waals surface area contributed by atoms with Crippen molar-refractivity contribution < 1.29 is 27.9 Å². The van der Waals surface area contributed by atoms with Crippen LogP contribution in [0.15, 0.2) is 5.11 Å². The predicted octanol–water partition coefficient (Wildman–Crippen LogP) is 0.913. The Kier molecular flexibility index (Phi) is 3.47. The van der Waals surface area contributed by atoms with Gasteiger partial charge in [-0.05, 0) is 12.0 Å². The van der Waals surface area contributed by atoms with Crippen molar-refractivity contribution in [3.05, 3.63) is 10.4 Å². The Labute approximate surface area is 92.4 Å². The molecule has 0 aliphatic carbocycles. The van der Waals surface area contributed by atoms with Gasteiger partial charge in [0, 0.05) is 11.5 Å². The summed E-state index contributed by atoms with van der Waals surface area (Å²) >= 11 is 0. The summed E-state index contributed by atoms with van der Waals surface area (Å²) in [5, 5.41) is 11.8. The van der Waals surface area contributed by atoms with E-state index < -0.39 is 36.7 Å². The summed E-state index contributed by atoms with van der Waals surface area (Å²) in [6, 6.07) is -2.56. The maximum atomic E-state index is 12.2. The zero-order valence-electron chi connectivity index (χ0n) is 8.26. The first kappa shape index (κ1) is 13.1. The third-order valence-electron chi connectivity index (χ3n) is 2.28. The van der Waals surface area contributed by atoms with Crippen molar-refractivity contribution in [2.75, 3.05) is 6.54 Å². The molecule has 1 aliphatic heterocycles. The number of halogens is 3. The molecule has 1 aliphatic rings. The number of azide groups is 1. The third kappa shape index (κ3) is 2.78. The Morgan fingerprint density at radius 3 is 2.47 bits per heavy atom. The lowest BCUT2D eigenvalue weighted by atomic mass is 10.2. The lowest BCUT2D eigenvalue weighted by Crippen LogP contribution is -2.47. The zero-order valence-corrected chi connectivity index (χ0v) is 8.26. The van der Waals surface area contributed by atoms with Gasteiger partial charge in [0.05, 0.1) is 6.04 Å². The average Bonchev–Trinajstić information content (AvgIpc) is 2.59. The number of nitrogens with zero attached hydrogens (tertiary/aromatic N) is 4. The number of carboxylic acid groups (broad SMARTS) is 1. The molecule has 1 rings (SSSR count). The molecule has 0 saturated carbocycles. The summed E-state index contributed by atoms with van der Waals surface area (Å²) in [4.78, 5) is 24.2. The summed E-state index contributed by atoms with van der Waals surface area (Å²) in [7, 11) is 0. The summed E-state index contributed by atoms with van der Waals surface area (Å²) in [6.45, 7) is -0.542. The largest absolute Gasteiger partial charge is 0.480 e. The standard InChI is InChI=1S/C7H7F3N4O3/c8-7(9,10)6(17)14-2-3(12-13-11)1-4(14)5(15)16/h3-4H,1-2H2,(H,15,16)/t3-,4+/m0/s1. The average molecular weight is 252 g/mol. The Balaban J connectivity index is 2.93. The highest BCUT2D eigenvalue weighted by Crippen LogP contribution is 2.27. The van der Waals surface area contributed by atoms with Gasteiger partial charge in [0.25, 0.3) is 0 Å². The quantitative estimate of drug-likeness (QED) is 0.448. The van der Waals surface area contributed by atoms with Crippen LogP contribution in [0.5, 0.6) is 0 Å². The van der Waals surface area contributed by atoms with Gasteiger partial charge in [0.15, 0.2) is 0 Å². The molecule has 1 N–H and O–H groups in total. The Morgan fingerprint density at radius 1 is 1.47 bits per heavy atom. The molecule has 17 heavy (non-hydrogen) atoms. The van der Waals surface area contributed by atoms with Crippen LogP contribution in [0.4, 0.5) is 13.2 Å². The van der Waals surface area contributed by atoms with Crippen LogP contribution < -0.4 is 0 Å². The van der Waals surface area contributed by atoms with E-state index in [0.717, 1.165) is 0 Å². The number of likely N-dealkylation sites (tertiary alicyclic amines) is 1. The van der Waals surface area contributed by atoms with E-state index in [0.29, 0.717) is 0 Å². The minimum atomic E-state index is -5.14. The third-order valence-corrected chi connectivity index (χ3v) is 2.28. The lowest BCUT2D eigenvalue weighted by molar-refractivity contribution is -0.188. The van der Waals surface area contributed by atoms with E-state index in [1.807, 2.05) is 0 Å². The molecule has 1 amide bonds. The maximum absolute atomic E-state index is 12.2. The fourth-order valence-corrected chi connectivity index (χ4v) is 1.59. The number of amides is 1. The molecule has 7 nitrogen and oxygen atoms in total. The predicted molar refractivity (Wildman–Crippen MR) is 46.7 cm³/mol. The first-order chi connectivity index (χ1) is 7.77. The van der Waals surface area contributed by atoms with E-state index in [9.17, 15) is 22.8 Å². The molecular weight excluding hydrogens is 245 g/mol. The van der Waals surface area contributed by atoms with Crippen molar-refractivity contribution in [2.24, 2.45) is 5.11 Å². The Hall–Kier alpha value is -1.96. The van der Waals surface area contributed by atoms with E-state index in [-0.39, 0.29) is 11.3 Å². The summed E-state index contributed by atoms with van der Waals surface area (Å²) in [6.07, 6.45) is -5.46. The molecule has 2 atom stereocenters. The topological polar surface area (TPSA) is 106 Å². The Bertz CT molecular complexity index is 390. The number of alkyl halides is 3. The molecule has 1 fully saturated rings. The van der Waals surface area contributed by atoms with Gasteiger partial charge in [-0.3, -0.25) is 4.79 Å². The van der Waals surface area contributed by atoms with E-state index >= 15 is 0 Å². The number of hydrogen-bond acceptors (Lipinski definition) is 3. The van der Waals surface area contributed by atoms with Crippen molar-refractivity contribution >= 4 is 11.9 Å². The zero-order chi connectivity index (χ0) is 13.2. The highest BCUT2D eigenvalue weighted by molar-refractivity contribution is 5.87. The molecule has 1 heterocycles. The number of carboxylic acids is 1. The van der Waals surface area contributed by atoms with Gasteiger partial charge in [-0.15, -0.1) is 0 Å². The first-order valence-corrected chi connectivity index (χ1v) is 4.42. The van der Waals surface area contributed by atoms with Crippen molar-refractivity contribution in [2.45, 2.75) is 24.7 Å². The van der Waals surface area contributed by atoms with Gasteiger partial charge in [0.2, 0.25) is 0 Å². The number of carbonyl (C=O) groups excluding carboxylic acids is 1. The number of aliphatic carboxylic acids is 1. The fraction of sp³-hybridized carbons (Fsp3) is 0.714. The molecule has 10 heteroatoms. The molecule has 0 aromatic carbocycles. The monoisotopic (exact) mass is 252 g/mol. The van der Waals surface area contributed by atoms with Crippen molar-refractivity contribution in [3.8, 4) is 0 Å². The summed E-state index contributed by atoms with van der Waals surface area (Å²) in [5.41, 5.74) is 8.12. The van der Waals surface area contributed by atoms with Gasteiger partial charge < -0.3 is 10.0 Å². The van der Waals surface area contributed by atoms with Gasteiger partial charge in [-0.25, -0.2) is 4.79 Å². The second kappa shape index (κ2) is 4.50. The smallest absolute Gasteiger partial charge is 0.471 e. The van der Waals surface area contributed by atoms with Crippen LogP contribution in [-0.4, -0.2) is 46.7 Å². The highest BCUT2D eigenvalue weighted by atomic mass is 19.4. The van der Waals surface area contributed by atoms with E-state index in [1.54, 1.807) is 0 Å². The van der Waals surface area contributed by atoms with E-state index in [1.165, 1.54) is 0 Å². The molecular formula is C7H7F3N4O3. The van der Waals surface area contributed by atoms with Crippen LogP contribution >= 0.6 is 0 Å². The second-order valence-corrected chi connectivity index (χ2v) is 3.40. The lowest BCUT2D eigenvalue weighted by Gasteiger charge is -2.22. The van der Waals surface area contributed by atoms with Crippen molar-refractivity contribution in [1.29, 1.82) is 0 Å². The SMILES string of the molecule is [N-]=[N+]=N[C@H]1C[C@H](C(=O)O)N(C(=O)C(F)(F)F)C1.